The maximum absolute atomic E-state index is 11.3. The molecule has 4 heteroatoms. The molecule has 1 N–H and O–H groups in total. The minimum atomic E-state index is -1.01. The van der Waals surface area contributed by atoms with Crippen LogP contribution in [0.5, 0.6) is 11.5 Å². The van der Waals surface area contributed by atoms with Gasteiger partial charge in [0.15, 0.2) is 0 Å². The van der Waals surface area contributed by atoms with Crippen LogP contribution in [0.2, 0.25) is 0 Å². The number of nitrogens with zero attached hydrogens (tertiary/aromatic N) is 1. The molecule has 104 valence electrons. The Balaban J connectivity index is 2.00. The monoisotopic (exact) mass is 279 g/mol. The van der Waals surface area contributed by atoms with Gasteiger partial charge in [-0.1, -0.05) is 17.7 Å². The number of ether oxygens (including phenoxy) is 1. The third-order valence-corrected chi connectivity index (χ3v) is 3.17. The molecular formula is C17H13NO3. The molecule has 3 rings (SSSR count). The standard InChI is InChI=1S/C17H13NO3/c1-11-4-7-16(14(9-11)17(19)20)21-13-6-5-12-3-2-8-18-15(12)10-13/h2-10H,1H3,(H,19,20). The highest BCUT2D eigenvalue weighted by Crippen LogP contribution is 2.28. The molecule has 3 aromatic rings. The molecule has 21 heavy (non-hydrogen) atoms. The van der Waals surface area contributed by atoms with Crippen LogP contribution >= 0.6 is 0 Å². The molecule has 2 aromatic carbocycles. The van der Waals surface area contributed by atoms with Crippen LogP contribution in [0.1, 0.15) is 15.9 Å². The van der Waals surface area contributed by atoms with Gasteiger partial charge >= 0.3 is 5.97 Å². The summed E-state index contributed by atoms with van der Waals surface area (Å²) in [5.41, 5.74) is 1.83. The lowest BCUT2D eigenvalue weighted by Gasteiger charge is -2.10. The smallest absolute Gasteiger partial charge is 0.339 e. The average molecular weight is 279 g/mol. The van der Waals surface area contributed by atoms with Crippen molar-refractivity contribution in [3.8, 4) is 11.5 Å². The van der Waals surface area contributed by atoms with Gasteiger partial charge < -0.3 is 9.84 Å². The van der Waals surface area contributed by atoms with Crippen LogP contribution in [0.3, 0.4) is 0 Å². The van der Waals surface area contributed by atoms with E-state index < -0.39 is 5.97 Å². The van der Waals surface area contributed by atoms with Crippen molar-refractivity contribution in [1.82, 2.24) is 4.98 Å². The lowest BCUT2D eigenvalue weighted by atomic mass is 10.1. The fourth-order valence-electron chi connectivity index (χ4n) is 2.14. The lowest BCUT2D eigenvalue weighted by molar-refractivity contribution is 0.0694. The van der Waals surface area contributed by atoms with E-state index in [9.17, 15) is 9.90 Å². The summed E-state index contributed by atoms with van der Waals surface area (Å²) >= 11 is 0. The first-order chi connectivity index (χ1) is 10.1. The minimum Gasteiger partial charge on any atom is -0.478 e. The molecule has 0 saturated carbocycles. The van der Waals surface area contributed by atoms with Crippen LogP contribution in [0.4, 0.5) is 0 Å². The van der Waals surface area contributed by atoms with Crippen molar-refractivity contribution in [2.75, 3.05) is 0 Å². The van der Waals surface area contributed by atoms with Gasteiger partial charge in [0.2, 0.25) is 0 Å². The molecule has 0 fully saturated rings. The number of pyridine rings is 1. The Hall–Kier alpha value is -2.88. The zero-order valence-corrected chi connectivity index (χ0v) is 11.4. The number of aromatic carboxylic acids is 1. The third kappa shape index (κ3) is 2.69. The third-order valence-electron chi connectivity index (χ3n) is 3.17. The molecule has 0 amide bonds. The lowest BCUT2D eigenvalue weighted by Crippen LogP contribution is -2.00. The highest BCUT2D eigenvalue weighted by atomic mass is 16.5. The van der Waals surface area contributed by atoms with Crippen molar-refractivity contribution in [3.05, 3.63) is 65.9 Å². The molecule has 0 saturated heterocycles. The first-order valence-corrected chi connectivity index (χ1v) is 6.50. The zero-order valence-electron chi connectivity index (χ0n) is 11.4. The molecule has 0 aliphatic carbocycles. The van der Waals surface area contributed by atoms with E-state index in [2.05, 4.69) is 4.98 Å². The van der Waals surface area contributed by atoms with Gasteiger partial charge in [-0.15, -0.1) is 0 Å². The fourth-order valence-corrected chi connectivity index (χ4v) is 2.14. The Morgan fingerprint density at radius 2 is 2.00 bits per heavy atom. The molecular weight excluding hydrogens is 266 g/mol. The molecule has 1 aromatic heterocycles. The van der Waals surface area contributed by atoms with E-state index in [0.717, 1.165) is 16.5 Å². The van der Waals surface area contributed by atoms with Crippen molar-refractivity contribution in [2.24, 2.45) is 0 Å². The molecule has 0 bridgehead atoms. The van der Waals surface area contributed by atoms with Crippen molar-refractivity contribution >= 4 is 16.9 Å². The molecule has 4 nitrogen and oxygen atoms in total. The number of hydrogen-bond acceptors (Lipinski definition) is 3. The summed E-state index contributed by atoms with van der Waals surface area (Å²) in [5, 5.41) is 10.3. The van der Waals surface area contributed by atoms with Crippen molar-refractivity contribution in [3.63, 3.8) is 0 Å². The van der Waals surface area contributed by atoms with E-state index in [0.29, 0.717) is 11.5 Å². The predicted octanol–water partition coefficient (Wildman–Crippen LogP) is 4.03. The number of benzene rings is 2. The number of aryl methyl sites for hydroxylation is 1. The second-order valence-corrected chi connectivity index (χ2v) is 4.76. The first-order valence-electron chi connectivity index (χ1n) is 6.50. The maximum atomic E-state index is 11.3. The Kier molecular flexibility index (Phi) is 3.28. The molecule has 0 radical (unpaired) electrons. The number of fused-ring (bicyclic) bond motifs is 1. The summed E-state index contributed by atoms with van der Waals surface area (Å²) in [7, 11) is 0. The highest BCUT2D eigenvalue weighted by Gasteiger charge is 2.12. The van der Waals surface area contributed by atoms with Gasteiger partial charge in [0.25, 0.3) is 0 Å². The quantitative estimate of drug-likeness (QED) is 0.786. The van der Waals surface area contributed by atoms with Crippen LogP contribution in [-0.2, 0) is 0 Å². The first kappa shape index (κ1) is 13.1. The normalized spacial score (nSPS) is 10.5. The van der Waals surface area contributed by atoms with Crippen LogP contribution in [-0.4, -0.2) is 16.1 Å². The molecule has 0 atom stereocenters. The Morgan fingerprint density at radius 3 is 2.81 bits per heavy atom. The molecule has 0 unspecified atom stereocenters. The van der Waals surface area contributed by atoms with Gasteiger partial charge in [-0.25, -0.2) is 4.79 Å². The summed E-state index contributed by atoms with van der Waals surface area (Å²) in [6.45, 7) is 1.84. The minimum absolute atomic E-state index is 0.149. The van der Waals surface area contributed by atoms with Crippen LogP contribution in [0.25, 0.3) is 10.9 Å². The number of carbonyl (C=O) groups is 1. The molecule has 1 heterocycles. The van der Waals surface area contributed by atoms with Gasteiger partial charge in [-0.3, -0.25) is 4.98 Å². The topological polar surface area (TPSA) is 59.4 Å². The van der Waals surface area contributed by atoms with Crippen molar-refractivity contribution in [1.29, 1.82) is 0 Å². The number of rotatable bonds is 3. The summed E-state index contributed by atoms with van der Waals surface area (Å²) < 4.78 is 5.71. The highest BCUT2D eigenvalue weighted by molar-refractivity contribution is 5.91. The Bertz CT molecular complexity index is 827. The zero-order chi connectivity index (χ0) is 14.8. The van der Waals surface area contributed by atoms with E-state index in [1.54, 1.807) is 30.5 Å². The number of carboxylic acids is 1. The summed E-state index contributed by atoms with van der Waals surface area (Å²) in [5.74, 6) is -0.122. The van der Waals surface area contributed by atoms with Gasteiger partial charge in [0.1, 0.15) is 17.1 Å². The van der Waals surface area contributed by atoms with Crippen molar-refractivity contribution in [2.45, 2.75) is 6.92 Å². The van der Waals surface area contributed by atoms with Crippen molar-refractivity contribution < 1.29 is 14.6 Å². The van der Waals surface area contributed by atoms with Gasteiger partial charge in [-0.2, -0.15) is 0 Å². The van der Waals surface area contributed by atoms with E-state index >= 15 is 0 Å². The Labute approximate surface area is 121 Å². The number of aromatic nitrogens is 1. The molecule has 0 spiro atoms. The maximum Gasteiger partial charge on any atom is 0.339 e. The number of carboxylic acid groups (broad SMARTS) is 1. The molecule has 0 aliphatic heterocycles. The predicted molar refractivity (Wildman–Crippen MR) is 80.0 cm³/mol. The van der Waals surface area contributed by atoms with E-state index in [1.165, 1.54) is 0 Å². The SMILES string of the molecule is Cc1ccc(Oc2ccc3cccnc3c2)c(C(=O)O)c1. The van der Waals surface area contributed by atoms with E-state index in [4.69, 9.17) is 4.74 Å². The second kappa shape index (κ2) is 5.25. The Morgan fingerprint density at radius 1 is 1.14 bits per heavy atom. The fraction of sp³-hybridized carbons (Fsp3) is 0.0588. The van der Waals surface area contributed by atoms with Crippen LogP contribution < -0.4 is 4.74 Å². The van der Waals surface area contributed by atoms with Gasteiger partial charge in [-0.05, 0) is 37.3 Å². The van der Waals surface area contributed by atoms with E-state index in [-0.39, 0.29) is 5.56 Å². The van der Waals surface area contributed by atoms with E-state index in [1.807, 2.05) is 31.2 Å². The summed E-state index contributed by atoms with van der Waals surface area (Å²) in [4.78, 5) is 15.5. The van der Waals surface area contributed by atoms with Crippen LogP contribution in [0.15, 0.2) is 54.7 Å². The van der Waals surface area contributed by atoms with Gasteiger partial charge in [0, 0.05) is 17.6 Å². The molecule has 0 aliphatic rings. The summed E-state index contributed by atoms with van der Waals surface area (Å²) in [6.07, 6.45) is 1.71. The summed E-state index contributed by atoms with van der Waals surface area (Å²) in [6, 6.07) is 14.4. The van der Waals surface area contributed by atoms with Crippen LogP contribution in [0, 0.1) is 6.92 Å². The number of hydrogen-bond donors (Lipinski definition) is 1. The average Bonchev–Trinajstić information content (AvgIpc) is 2.49. The second-order valence-electron chi connectivity index (χ2n) is 4.76. The largest absolute Gasteiger partial charge is 0.478 e. The van der Waals surface area contributed by atoms with Gasteiger partial charge in [0.05, 0.1) is 5.52 Å².